The Morgan fingerprint density at radius 3 is 2.12 bits per heavy atom. The van der Waals surface area contributed by atoms with E-state index in [-0.39, 0.29) is 4.90 Å². The summed E-state index contributed by atoms with van der Waals surface area (Å²) in [6, 6.07) is 12.5. The van der Waals surface area contributed by atoms with Crippen molar-refractivity contribution >= 4 is 21.6 Å². The fraction of sp³-hybridized carbons (Fsp3) is 0.235. The molecule has 0 saturated carbocycles. The largest absolute Gasteiger partial charge is 0.285 e. The number of benzene rings is 2. The Morgan fingerprint density at radius 2 is 1.62 bits per heavy atom. The second kappa shape index (κ2) is 7.02. The molecule has 2 N–H and O–H groups in total. The second-order valence-corrected chi connectivity index (χ2v) is 7.26. The molecular formula is C17H20N2O4S. The van der Waals surface area contributed by atoms with E-state index in [1.54, 1.807) is 31.2 Å². The van der Waals surface area contributed by atoms with E-state index in [4.69, 9.17) is 0 Å². The van der Waals surface area contributed by atoms with Crippen LogP contribution >= 0.6 is 0 Å². The van der Waals surface area contributed by atoms with Gasteiger partial charge in [0.05, 0.1) is 10.9 Å². The molecule has 2 aromatic carbocycles. The molecule has 7 heteroatoms. The van der Waals surface area contributed by atoms with Crippen molar-refractivity contribution in [3.8, 4) is 0 Å². The number of hydrogen-bond donors (Lipinski definition) is 2. The lowest BCUT2D eigenvalue weighted by Gasteiger charge is -2.21. The van der Waals surface area contributed by atoms with Crippen LogP contribution in [0.15, 0.2) is 53.4 Å². The minimum absolute atomic E-state index is 0.103. The third kappa shape index (κ3) is 4.12. The Bertz CT molecular complexity index is 815. The molecule has 0 bridgehead atoms. The van der Waals surface area contributed by atoms with Crippen LogP contribution in [-0.4, -0.2) is 24.6 Å². The first-order valence-electron chi connectivity index (χ1n) is 7.39. The Morgan fingerprint density at radius 1 is 1.08 bits per heavy atom. The van der Waals surface area contributed by atoms with Crippen LogP contribution in [0.2, 0.25) is 0 Å². The molecule has 0 aromatic heterocycles. The van der Waals surface area contributed by atoms with Gasteiger partial charge in [-0.05, 0) is 43.7 Å². The summed E-state index contributed by atoms with van der Waals surface area (Å²) in [7, 11) is -3.70. The van der Waals surface area contributed by atoms with E-state index in [1.165, 1.54) is 19.1 Å². The van der Waals surface area contributed by atoms with Crippen molar-refractivity contribution in [3.05, 3.63) is 59.7 Å². The van der Waals surface area contributed by atoms with Crippen LogP contribution in [0.25, 0.3) is 0 Å². The van der Waals surface area contributed by atoms with Gasteiger partial charge in [0.25, 0.3) is 10.0 Å². The summed E-state index contributed by atoms with van der Waals surface area (Å²) >= 11 is 0. The van der Waals surface area contributed by atoms with Gasteiger partial charge in [-0.2, -0.15) is 0 Å². The van der Waals surface area contributed by atoms with Crippen molar-refractivity contribution < 1.29 is 18.4 Å². The molecule has 0 aliphatic rings. The number of hydroxylamine groups is 2. The van der Waals surface area contributed by atoms with Gasteiger partial charge < -0.3 is 0 Å². The topological polar surface area (TPSA) is 86.7 Å². The number of hydrogen-bond acceptors (Lipinski definition) is 4. The lowest BCUT2D eigenvalue weighted by atomic mass is 10.1. The maximum Gasteiger partial charge on any atom is 0.261 e. The monoisotopic (exact) mass is 348 g/mol. The van der Waals surface area contributed by atoms with Gasteiger partial charge in [-0.15, -0.1) is 0 Å². The molecule has 0 fully saturated rings. The number of carbonyl (C=O) groups is 1. The molecule has 1 amide bonds. The van der Waals surface area contributed by atoms with E-state index in [9.17, 15) is 18.4 Å². The number of aryl methyl sites for hydroxylation is 1. The van der Waals surface area contributed by atoms with Gasteiger partial charge in [-0.3, -0.25) is 14.7 Å². The maximum atomic E-state index is 12.4. The van der Waals surface area contributed by atoms with E-state index >= 15 is 0 Å². The number of rotatable bonds is 5. The number of amides is 1. The van der Waals surface area contributed by atoms with Crippen molar-refractivity contribution in [3.63, 3.8) is 0 Å². The Kier molecular flexibility index (Phi) is 5.26. The van der Waals surface area contributed by atoms with Crippen LogP contribution in [0, 0.1) is 6.92 Å². The van der Waals surface area contributed by atoms with Gasteiger partial charge in [0, 0.05) is 12.6 Å². The molecule has 128 valence electrons. The molecule has 0 heterocycles. The molecular weight excluding hydrogens is 328 g/mol. The average Bonchev–Trinajstić information content (AvgIpc) is 2.55. The minimum atomic E-state index is -3.70. The quantitative estimate of drug-likeness (QED) is 0.642. The highest BCUT2D eigenvalue weighted by Gasteiger charge is 2.18. The zero-order valence-corrected chi connectivity index (χ0v) is 14.5. The molecule has 0 aliphatic heterocycles. The Balaban J connectivity index is 2.19. The summed E-state index contributed by atoms with van der Waals surface area (Å²) in [5.41, 5.74) is 2.15. The molecule has 2 aromatic rings. The zero-order chi connectivity index (χ0) is 17.9. The predicted octanol–water partition coefficient (Wildman–Crippen LogP) is 3.09. The second-order valence-electron chi connectivity index (χ2n) is 5.58. The summed E-state index contributed by atoms with van der Waals surface area (Å²) in [6.45, 7) is 4.82. The molecule has 6 nitrogen and oxygen atoms in total. The zero-order valence-electron chi connectivity index (χ0n) is 13.7. The summed E-state index contributed by atoms with van der Waals surface area (Å²) in [6.07, 6.45) is 0. The Hall–Kier alpha value is -2.38. The number of anilines is 1. The lowest BCUT2D eigenvalue weighted by Crippen LogP contribution is -2.27. The van der Waals surface area contributed by atoms with E-state index in [0.29, 0.717) is 16.3 Å². The molecule has 24 heavy (non-hydrogen) atoms. The third-order valence-electron chi connectivity index (χ3n) is 3.67. The summed E-state index contributed by atoms with van der Waals surface area (Å²) < 4.78 is 27.3. The van der Waals surface area contributed by atoms with Crippen molar-refractivity contribution in [1.82, 2.24) is 5.06 Å². The minimum Gasteiger partial charge on any atom is -0.285 e. The van der Waals surface area contributed by atoms with E-state index < -0.39 is 22.0 Å². The van der Waals surface area contributed by atoms with Crippen LogP contribution in [-0.2, 0) is 14.8 Å². The van der Waals surface area contributed by atoms with Gasteiger partial charge in [0.2, 0.25) is 5.91 Å². The fourth-order valence-corrected chi connectivity index (χ4v) is 3.23. The molecule has 1 atom stereocenters. The highest BCUT2D eigenvalue weighted by atomic mass is 32.2. The first-order chi connectivity index (χ1) is 11.2. The number of carbonyl (C=O) groups excluding carboxylic acids is 1. The molecule has 0 aliphatic carbocycles. The fourth-order valence-electron chi connectivity index (χ4n) is 2.18. The Labute approximate surface area is 141 Å². The molecule has 1 unspecified atom stereocenters. The van der Waals surface area contributed by atoms with Crippen molar-refractivity contribution in [2.75, 3.05) is 4.72 Å². The van der Waals surface area contributed by atoms with Crippen LogP contribution in [0.5, 0.6) is 0 Å². The van der Waals surface area contributed by atoms with Crippen molar-refractivity contribution in [1.29, 1.82) is 0 Å². The molecule has 2 rings (SSSR count). The van der Waals surface area contributed by atoms with Crippen LogP contribution in [0.1, 0.15) is 31.0 Å². The van der Waals surface area contributed by atoms with Gasteiger partial charge in [0.1, 0.15) is 0 Å². The molecule has 0 saturated heterocycles. The predicted molar refractivity (Wildman–Crippen MR) is 91.2 cm³/mol. The maximum absolute atomic E-state index is 12.4. The third-order valence-corrected chi connectivity index (χ3v) is 5.06. The van der Waals surface area contributed by atoms with Crippen molar-refractivity contribution in [2.45, 2.75) is 31.7 Å². The SMILES string of the molecule is CC(=O)N(O)C(C)c1ccc(S(=O)(=O)Nc2ccc(C)cc2)cc1. The van der Waals surface area contributed by atoms with Crippen LogP contribution < -0.4 is 4.72 Å². The van der Waals surface area contributed by atoms with E-state index in [2.05, 4.69) is 4.72 Å². The molecule has 0 spiro atoms. The van der Waals surface area contributed by atoms with Crippen LogP contribution in [0.3, 0.4) is 0 Å². The standard InChI is InChI=1S/C17H20N2O4S/c1-12-4-8-16(9-5-12)18-24(22,23)17-10-6-15(7-11-17)13(2)19(21)14(3)20/h4-11,13,18,21H,1-3H3. The first-order valence-corrected chi connectivity index (χ1v) is 8.87. The number of nitrogens with one attached hydrogen (secondary N) is 1. The number of sulfonamides is 1. The summed E-state index contributed by atoms with van der Waals surface area (Å²) in [5.74, 6) is -0.486. The van der Waals surface area contributed by atoms with Gasteiger partial charge in [-0.1, -0.05) is 29.8 Å². The summed E-state index contributed by atoms with van der Waals surface area (Å²) in [5, 5.41) is 10.3. The van der Waals surface area contributed by atoms with Gasteiger partial charge in [0.15, 0.2) is 0 Å². The summed E-state index contributed by atoms with van der Waals surface area (Å²) in [4.78, 5) is 11.3. The van der Waals surface area contributed by atoms with Crippen LogP contribution in [0.4, 0.5) is 5.69 Å². The first kappa shape index (κ1) is 18.0. The van der Waals surface area contributed by atoms with E-state index in [0.717, 1.165) is 5.56 Å². The lowest BCUT2D eigenvalue weighted by molar-refractivity contribution is -0.172. The highest BCUT2D eigenvalue weighted by molar-refractivity contribution is 7.92. The van der Waals surface area contributed by atoms with Gasteiger partial charge in [-0.25, -0.2) is 13.5 Å². The highest BCUT2D eigenvalue weighted by Crippen LogP contribution is 2.22. The average molecular weight is 348 g/mol. The number of nitrogens with zero attached hydrogens (tertiary/aromatic N) is 1. The van der Waals surface area contributed by atoms with E-state index in [1.807, 2.05) is 19.1 Å². The normalized spacial score (nSPS) is 12.5. The smallest absolute Gasteiger partial charge is 0.261 e. The van der Waals surface area contributed by atoms with Gasteiger partial charge >= 0.3 is 0 Å². The molecule has 0 radical (unpaired) electrons. The van der Waals surface area contributed by atoms with Crippen molar-refractivity contribution in [2.24, 2.45) is 0 Å².